The first-order valence-corrected chi connectivity index (χ1v) is 8.62. The molecule has 140 valence electrons. The van der Waals surface area contributed by atoms with E-state index in [0.717, 1.165) is 5.56 Å². The van der Waals surface area contributed by atoms with Gasteiger partial charge in [-0.3, -0.25) is 14.6 Å². The lowest BCUT2D eigenvalue weighted by atomic mass is 10.1. The molecule has 0 aliphatic heterocycles. The van der Waals surface area contributed by atoms with Gasteiger partial charge in [0.1, 0.15) is 0 Å². The van der Waals surface area contributed by atoms with Crippen LogP contribution in [0.5, 0.6) is 0 Å². The van der Waals surface area contributed by atoms with Crippen LogP contribution < -0.4 is 16.2 Å². The zero-order valence-electron chi connectivity index (χ0n) is 15.0. The van der Waals surface area contributed by atoms with E-state index in [1.807, 2.05) is 30.3 Å². The minimum atomic E-state index is -0.397. The minimum Gasteiger partial charge on any atom is -0.355 e. The maximum Gasteiger partial charge on any atom is 0.297 e. The van der Waals surface area contributed by atoms with Crippen LogP contribution in [0.15, 0.2) is 59.4 Å². The van der Waals surface area contributed by atoms with Crippen molar-refractivity contribution >= 4 is 23.2 Å². The molecule has 0 aliphatic carbocycles. The molecule has 4 rings (SSSR count). The van der Waals surface area contributed by atoms with E-state index in [-0.39, 0.29) is 17.5 Å². The summed E-state index contributed by atoms with van der Waals surface area (Å²) in [4.78, 5) is 26.6. The summed E-state index contributed by atoms with van der Waals surface area (Å²) in [6.45, 7) is 0. The van der Waals surface area contributed by atoms with E-state index in [0.29, 0.717) is 23.5 Å². The summed E-state index contributed by atoms with van der Waals surface area (Å²) in [6.07, 6.45) is 0.499. The number of aromatic nitrogens is 5. The van der Waals surface area contributed by atoms with Gasteiger partial charge in [-0.15, -0.1) is 15.3 Å². The molecule has 0 bridgehead atoms. The Kier molecular flexibility index (Phi) is 4.55. The van der Waals surface area contributed by atoms with Crippen molar-refractivity contribution in [1.82, 2.24) is 30.1 Å². The number of nitrogens with one attached hydrogen (secondary N) is 3. The number of carbonyl (C=O) groups is 1. The Morgan fingerprint density at radius 3 is 2.54 bits per heavy atom. The fraction of sp³-hybridized carbons (Fsp3) is 0.105. The third kappa shape index (κ3) is 3.45. The van der Waals surface area contributed by atoms with Crippen LogP contribution in [0.1, 0.15) is 21.7 Å². The highest BCUT2D eigenvalue weighted by atomic mass is 16.1. The number of rotatable bonds is 5. The molecule has 0 unspecified atom stereocenters. The maximum atomic E-state index is 12.3. The number of aromatic amines is 1. The number of carbonyl (C=O) groups excluding carboxylic acids is 1. The second-order valence-electron chi connectivity index (χ2n) is 6.10. The number of H-pyrrole nitrogens is 1. The molecule has 0 saturated heterocycles. The Morgan fingerprint density at radius 2 is 1.82 bits per heavy atom. The number of benzene rings is 2. The quantitative estimate of drug-likeness (QED) is 0.487. The smallest absolute Gasteiger partial charge is 0.297 e. The molecule has 0 aliphatic rings. The van der Waals surface area contributed by atoms with E-state index >= 15 is 0 Å². The molecule has 0 fully saturated rings. The first-order chi connectivity index (χ1) is 13.6. The van der Waals surface area contributed by atoms with Crippen molar-refractivity contribution in [2.75, 3.05) is 12.4 Å². The summed E-state index contributed by atoms with van der Waals surface area (Å²) in [6, 6.07) is 16.6. The van der Waals surface area contributed by atoms with Gasteiger partial charge < -0.3 is 10.6 Å². The largest absolute Gasteiger partial charge is 0.355 e. The van der Waals surface area contributed by atoms with Gasteiger partial charge in [-0.1, -0.05) is 30.3 Å². The predicted molar refractivity (Wildman–Crippen MR) is 104 cm³/mol. The van der Waals surface area contributed by atoms with Gasteiger partial charge in [-0.2, -0.15) is 4.52 Å². The Hall–Kier alpha value is -4.01. The Balaban J connectivity index is 1.64. The summed E-state index contributed by atoms with van der Waals surface area (Å²) in [5.41, 5.74) is 1.98. The first-order valence-electron chi connectivity index (χ1n) is 8.62. The van der Waals surface area contributed by atoms with Gasteiger partial charge in [-0.25, -0.2) is 0 Å². The molecular formula is C19H17N7O2. The maximum absolute atomic E-state index is 12.3. The van der Waals surface area contributed by atoms with Crippen molar-refractivity contribution in [3.63, 3.8) is 0 Å². The number of anilines is 2. The topological polar surface area (TPSA) is 117 Å². The second-order valence-corrected chi connectivity index (χ2v) is 6.10. The van der Waals surface area contributed by atoms with E-state index in [4.69, 9.17) is 0 Å². The van der Waals surface area contributed by atoms with Crippen LogP contribution in [0.25, 0.3) is 5.65 Å². The third-order valence-corrected chi connectivity index (χ3v) is 4.18. The molecule has 1 amide bonds. The van der Waals surface area contributed by atoms with Crippen molar-refractivity contribution in [2.45, 2.75) is 6.42 Å². The molecule has 0 spiro atoms. The summed E-state index contributed by atoms with van der Waals surface area (Å²) in [7, 11) is 1.57. The number of nitrogens with zero attached hydrogens (tertiary/aromatic N) is 4. The zero-order chi connectivity index (χ0) is 19.5. The third-order valence-electron chi connectivity index (χ3n) is 4.18. The number of hydrogen-bond donors (Lipinski definition) is 3. The summed E-state index contributed by atoms with van der Waals surface area (Å²) < 4.78 is 1.44. The van der Waals surface area contributed by atoms with Gasteiger partial charge in [0, 0.05) is 24.7 Å². The molecule has 3 N–H and O–H groups in total. The van der Waals surface area contributed by atoms with Crippen LogP contribution in [0.2, 0.25) is 0 Å². The summed E-state index contributed by atoms with van der Waals surface area (Å²) >= 11 is 0. The van der Waals surface area contributed by atoms with Crippen LogP contribution in [-0.2, 0) is 6.42 Å². The van der Waals surface area contributed by atoms with E-state index in [1.165, 1.54) is 4.52 Å². The van der Waals surface area contributed by atoms with Gasteiger partial charge in [0.2, 0.25) is 11.6 Å². The Bertz CT molecular complexity index is 1180. The highest BCUT2D eigenvalue weighted by Gasteiger charge is 2.12. The van der Waals surface area contributed by atoms with Crippen LogP contribution in [0, 0.1) is 0 Å². The standard InChI is InChI=1S/C19H17N7O2/c1-20-17(27)13-7-9-14(10-8-13)21-19-22-18(28)16-24-23-15(26(16)25-19)11-12-5-3-2-4-6-12/h2-10H,11H2,1H3,(H,20,27)(H2,21,22,25,28). The van der Waals surface area contributed by atoms with Crippen LogP contribution in [-0.4, -0.2) is 37.8 Å². The molecule has 9 heteroatoms. The van der Waals surface area contributed by atoms with E-state index in [1.54, 1.807) is 31.3 Å². The molecular weight excluding hydrogens is 358 g/mol. The van der Waals surface area contributed by atoms with Gasteiger partial charge in [-0.05, 0) is 29.8 Å². The van der Waals surface area contributed by atoms with Crippen LogP contribution in [0.4, 0.5) is 11.6 Å². The number of amides is 1. The van der Waals surface area contributed by atoms with E-state index in [2.05, 4.69) is 30.9 Å². The fourth-order valence-electron chi connectivity index (χ4n) is 2.78. The average Bonchev–Trinajstić information content (AvgIpc) is 3.12. The van der Waals surface area contributed by atoms with E-state index < -0.39 is 5.56 Å². The van der Waals surface area contributed by atoms with Gasteiger partial charge >= 0.3 is 0 Å². The average molecular weight is 375 g/mol. The minimum absolute atomic E-state index is 0.131. The molecule has 0 radical (unpaired) electrons. The first kappa shape index (κ1) is 17.4. The Morgan fingerprint density at radius 1 is 1.07 bits per heavy atom. The van der Waals surface area contributed by atoms with Crippen molar-refractivity contribution in [2.24, 2.45) is 0 Å². The predicted octanol–water partition coefficient (Wildman–Crippen LogP) is 1.51. The van der Waals surface area contributed by atoms with Crippen LogP contribution >= 0.6 is 0 Å². The summed E-state index contributed by atoms with van der Waals surface area (Å²) in [5.74, 6) is 0.638. The molecule has 4 aromatic rings. The van der Waals surface area contributed by atoms with Gasteiger partial charge in [0.05, 0.1) is 0 Å². The highest BCUT2D eigenvalue weighted by Crippen LogP contribution is 2.14. The van der Waals surface area contributed by atoms with Crippen molar-refractivity contribution in [3.8, 4) is 0 Å². The van der Waals surface area contributed by atoms with Crippen molar-refractivity contribution in [1.29, 1.82) is 0 Å². The normalized spacial score (nSPS) is 10.8. The fourth-order valence-corrected chi connectivity index (χ4v) is 2.78. The lowest BCUT2D eigenvalue weighted by Crippen LogP contribution is -2.18. The molecule has 0 saturated carbocycles. The Labute approximate surface area is 159 Å². The van der Waals surface area contributed by atoms with Crippen LogP contribution in [0.3, 0.4) is 0 Å². The number of fused-ring (bicyclic) bond motifs is 1. The molecule has 2 aromatic heterocycles. The van der Waals surface area contributed by atoms with E-state index in [9.17, 15) is 9.59 Å². The second kappa shape index (κ2) is 7.31. The lowest BCUT2D eigenvalue weighted by Gasteiger charge is -2.07. The summed E-state index contributed by atoms with van der Waals surface area (Å²) in [5, 5.41) is 18.0. The monoisotopic (exact) mass is 375 g/mol. The molecule has 2 heterocycles. The number of hydrogen-bond acceptors (Lipinski definition) is 6. The van der Waals surface area contributed by atoms with Gasteiger partial charge in [0.15, 0.2) is 5.82 Å². The molecule has 0 atom stereocenters. The van der Waals surface area contributed by atoms with Gasteiger partial charge in [0.25, 0.3) is 11.5 Å². The SMILES string of the molecule is CNC(=O)c1ccc(Nc2nn3c(Cc4ccccc4)nnc3c(=O)[nH]2)cc1. The molecule has 9 nitrogen and oxygen atoms in total. The van der Waals surface area contributed by atoms with Crippen molar-refractivity contribution in [3.05, 3.63) is 81.9 Å². The highest BCUT2D eigenvalue weighted by molar-refractivity contribution is 5.94. The zero-order valence-corrected chi connectivity index (χ0v) is 15.0. The lowest BCUT2D eigenvalue weighted by molar-refractivity contribution is 0.0963. The van der Waals surface area contributed by atoms with Crippen molar-refractivity contribution < 1.29 is 4.79 Å². The molecule has 28 heavy (non-hydrogen) atoms. The molecule has 2 aromatic carbocycles.